The lowest BCUT2D eigenvalue weighted by molar-refractivity contribution is -0.130. The summed E-state index contributed by atoms with van der Waals surface area (Å²) in [4.78, 5) is 17.9. The van der Waals surface area contributed by atoms with Gasteiger partial charge in [0, 0.05) is 31.0 Å². The number of nitrogens with one attached hydrogen (secondary N) is 1. The average Bonchev–Trinajstić information content (AvgIpc) is 2.37. The van der Waals surface area contributed by atoms with Crippen LogP contribution in [0.2, 0.25) is 0 Å². The number of hydrogen-bond acceptors (Lipinski definition) is 4. The van der Waals surface area contributed by atoms with E-state index < -0.39 is 0 Å². The Morgan fingerprint density at radius 2 is 2.18 bits per heavy atom. The summed E-state index contributed by atoms with van der Waals surface area (Å²) in [5.41, 5.74) is 6.28. The highest BCUT2D eigenvalue weighted by molar-refractivity contribution is 5.80. The van der Waals surface area contributed by atoms with Crippen molar-refractivity contribution in [2.45, 2.75) is 19.3 Å². The number of nitrogens with two attached hydrogens (primary N) is 1. The third-order valence-corrected chi connectivity index (χ3v) is 2.91. The van der Waals surface area contributed by atoms with Crippen LogP contribution in [-0.2, 0) is 4.79 Å². The third kappa shape index (κ3) is 3.34. The van der Waals surface area contributed by atoms with E-state index in [4.69, 9.17) is 5.73 Å². The second-order valence-electron chi connectivity index (χ2n) is 4.27. The van der Waals surface area contributed by atoms with Gasteiger partial charge in [0.25, 0.3) is 0 Å². The van der Waals surface area contributed by atoms with Gasteiger partial charge in [-0.3, -0.25) is 4.79 Å². The zero-order valence-electron chi connectivity index (χ0n) is 9.85. The molecule has 3 N–H and O–H groups in total. The van der Waals surface area contributed by atoms with Crippen LogP contribution in [0, 0.1) is 0 Å². The summed E-state index contributed by atoms with van der Waals surface area (Å²) in [5.74, 6) is 0.782. The van der Waals surface area contributed by atoms with Gasteiger partial charge >= 0.3 is 0 Å². The van der Waals surface area contributed by atoms with E-state index in [9.17, 15) is 4.79 Å². The van der Waals surface area contributed by atoms with Crippen molar-refractivity contribution in [3.8, 4) is 0 Å². The van der Waals surface area contributed by atoms with E-state index in [1.54, 1.807) is 18.3 Å². The summed E-state index contributed by atoms with van der Waals surface area (Å²) in [6.07, 6.45) is 5.08. The van der Waals surface area contributed by atoms with Crippen LogP contribution < -0.4 is 11.1 Å². The van der Waals surface area contributed by atoms with Crippen molar-refractivity contribution in [3.63, 3.8) is 0 Å². The number of carbonyl (C=O) groups is 1. The van der Waals surface area contributed by atoms with Gasteiger partial charge < -0.3 is 16.0 Å². The molecule has 1 saturated heterocycles. The number of anilines is 2. The summed E-state index contributed by atoms with van der Waals surface area (Å²) >= 11 is 0. The lowest BCUT2D eigenvalue weighted by atomic mass is 10.1. The molecule has 0 radical (unpaired) electrons. The first-order valence-corrected chi connectivity index (χ1v) is 5.99. The number of amides is 1. The van der Waals surface area contributed by atoms with Crippen LogP contribution in [0.3, 0.4) is 0 Å². The maximum Gasteiger partial charge on any atom is 0.241 e. The molecule has 1 fully saturated rings. The fourth-order valence-corrected chi connectivity index (χ4v) is 1.96. The fraction of sp³-hybridized carbons (Fsp3) is 0.500. The van der Waals surface area contributed by atoms with Crippen molar-refractivity contribution in [3.05, 3.63) is 18.3 Å². The highest BCUT2D eigenvalue weighted by atomic mass is 16.2. The molecule has 1 amide bonds. The van der Waals surface area contributed by atoms with Gasteiger partial charge in [-0.15, -0.1) is 0 Å². The Hall–Kier alpha value is -1.78. The van der Waals surface area contributed by atoms with Crippen LogP contribution >= 0.6 is 0 Å². The molecule has 0 aliphatic carbocycles. The second kappa shape index (κ2) is 5.52. The van der Waals surface area contributed by atoms with Crippen LogP contribution in [0.5, 0.6) is 0 Å². The highest BCUT2D eigenvalue weighted by Gasteiger charge is 2.15. The predicted molar refractivity (Wildman–Crippen MR) is 67.6 cm³/mol. The second-order valence-corrected chi connectivity index (χ2v) is 4.27. The number of carbonyl (C=O) groups excluding carboxylic acids is 1. The Bertz CT molecular complexity index is 388. The zero-order chi connectivity index (χ0) is 12.1. The molecule has 1 aliphatic rings. The van der Waals surface area contributed by atoms with Crippen molar-refractivity contribution in [2.24, 2.45) is 0 Å². The predicted octanol–water partition coefficient (Wildman–Crippen LogP) is 1.09. The van der Waals surface area contributed by atoms with E-state index in [0.29, 0.717) is 11.5 Å². The smallest absolute Gasteiger partial charge is 0.241 e. The van der Waals surface area contributed by atoms with Gasteiger partial charge in [-0.05, 0) is 25.3 Å². The minimum Gasteiger partial charge on any atom is -0.399 e. The molecular weight excluding hydrogens is 216 g/mol. The maximum absolute atomic E-state index is 11.9. The zero-order valence-corrected chi connectivity index (χ0v) is 9.85. The highest BCUT2D eigenvalue weighted by Crippen LogP contribution is 2.10. The maximum atomic E-state index is 11.9. The molecule has 0 aromatic carbocycles. The summed E-state index contributed by atoms with van der Waals surface area (Å²) < 4.78 is 0. The Morgan fingerprint density at radius 3 is 2.88 bits per heavy atom. The largest absolute Gasteiger partial charge is 0.399 e. The average molecular weight is 234 g/mol. The van der Waals surface area contributed by atoms with Crippen molar-refractivity contribution < 1.29 is 4.79 Å². The van der Waals surface area contributed by atoms with Crippen LogP contribution in [0.1, 0.15) is 19.3 Å². The molecule has 0 spiro atoms. The number of nitrogen functional groups attached to an aromatic ring is 1. The van der Waals surface area contributed by atoms with E-state index in [2.05, 4.69) is 10.3 Å². The topological polar surface area (TPSA) is 71.2 Å². The van der Waals surface area contributed by atoms with Crippen molar-refractivity contribution >= 4 is 17.4 Å². The van der Waals surface area contributed by atoms with Gasteiger partial charge in [-0.1, -0.05) is 0 Å². The SMILES string of the molecule is Nc1ccnc(NCC(=O)N2CCCCC2)c1. The van der Waals surface area contributed by atoms with Gasteiger partial charge in [0.05, 0.1) is 6.54 Å². The number of aromatic nitrogens is 1. The molecular formula is C12H18N4O. The first-order chi connectivity index (χ1) is 8.25. The monoisotopic (exact) mass is 234 g/mol. The van der Waals surface area contributed by atoms with Gasteiger partial charge in [0.1, 0.15) is 5.82 Å². The molecule has 2 heterocycles. The fourth-order valence-electron chi connectivity index (χ4n) is 1.96. The molecule has 5 heteroatoms. The first-order valence-electron chi connectivity index (χ1n) is 5.99. The van der Waals surface area contributed by atoms with Crippen molar-refractivity contribution in [1.82, 2.24) is 9.88 Å². The lowest BCUT2D eigenvalue weighted by Gasteiger charge is -2.26. The summed E-state index contributed by atoms with van der Waals surface area (Å²) in [5, 5.41) is 3.00. The van der Waals surface area contributed by atoms with Crippen LogP contribution in [-0.4, -0.2) is 35.4 Å². The molecule has 17 heavy (non-hydrogen) atoms. The number of likely N-dealkylation sites (tertiary alicyclic amines) is 1. The normalized spacial score (nSPS) is 15.6. The quantitative estimate of drug-likeness (QED) is 0.821. The molecule has 1 aliphatic heterocycles. The molecule has 1 aromatic heterocycles. The third-order valence-electron chi connectivity index (χ3n) is 2.91. The molecule has 0 saturated carbocycles. The molecule has 5 nitrogen and oxygen atoms in total. The molecule has 0 bridgehead atoms. The van der Waals surface area contributed by atoms with Gasteiger partial charge in [0.2, 0.25) is 5.91 Å². The van der Waals surface area contributed by atoms with Crippen LogP contribution in [0.25, 0.3) is 0 Å². The number of hydrogen-bond donors (Lipinski definition) is 2. The summed E-state index contributed by atoms with van der Waals surface area (Å²) in [7, 11) is 0. The van der Waals surface area contributed by atoms with Crippen molar-refractivity contribution in [2.75, 3.05) is 30.7 Å². The van der Waals surface area contributed by atoms with E-state index in [1.807, 2.05) is 4.90 Å². The first kappa shape index (κ1) is 11.7. The Balaban J connectivity index is 1.83. The van der Waals surface area contributed by atoms with E-state index in [-0.39, 0.29) is 12.5 Å². The Labute approximate surface area is 101 Å². The number of rotatable bonds is 3. The van der Waals surface area contributed by atoms with Gasteiger partial charge in [0.15, 0.2) is 0 Å². The minimum atomic E-state index is 0.133. The van der Waals surface area contributed by atoms with Gasteiger partial charge in [-0.25, -0.2) is 4.98 Å². The molecule has 0 unspecified atom stereocenters. The number of pyridine rings is 1. The van der Waals surface area contributed by atoms with Crippen molar-refractivity contribution in [1.29, 1.82) is 0 Å². The van der Waals surface area contributed by atoms with Crippen LogP contribution in [0.4, 0.5) is 11.5 Å². The number of piperidine rings is 1. The Kier molecular flexibility index (Phi) is 3.80. The molecule has 92 valence electrons. The lowest BCUT2D eigenvalue weighted by Crippen LogP contribution is -2.39. The summed E-state index contributed by atoms with van der Waals surface area (Å²) in [6.45, 7) is 2.05. The van der Waals surface area contributed by atoms with Crippen LogP contribution in [0.15, 0.2) is 18.3 Å². The standard InChI is InChI=1S/C12H18N4O/c13-10-4-5-14-11(8-10)15-9-12(17)16-6-2-1-3-7-16/h4-5,8H,1-3,6-7,9H2,(H3,13,14,15). The Morgan fingerprint density at radius 1 is 1.41 bits per heavy atom. The minimum absolute atomic E-state index is 0.133. The summed E-state index contributed by atoms with van der Waals surface area (Å²) in [6, 6.07) is 3.45. The van der Waals surface area contributed by atoms with E-state index in [1.165, 1.54) is 6.42 Å². The van der Waals surface area contributed by atoms with Gasteiger partial charge in [-0.2, -0.15) is 0 Å². The molecule has 1 aromatic rings. The number of nitrogens with zero attached hydrogens (tertiary/aromatic N) is 2. The van der Waals surface area contributed by atoms with E-state index in [0.717, 1.165) is 25.9 Å². The van der Waals surface area contributed by atoms with E-state index >= 15 is 0 Å². The molecule has 0 atom stereocenters. The molecule has 2 rings (SSSR count).